The molecule has 13 heavy (non-hydrogen) atoms. The Labute approximate surface area is 78.2 Å². The van der Waals surface area contributed by atoms with Crippen LogP contribution in [0.4, 0.5) is 0 Å². The van der Waals surface area contributed by atoms with Crippen molar-refractivity contribution in [3.63, 3.8) is 0 Å². The van der Waals surface area contributed by atoms with Gasteiger partial charge in [-0.1, -0.05) is 0 Å². The van der Waals surface area contributed by atoms with E-state index in [0.29, 0.717) is 19.6 Å². The van der Waals surface area contributed by atoms with E-state index in [2.05, 4.69) is 0 Å². The van der Waals surface area contributed by atoms with E-state index in [-0.39, 0.29) is 12.1 Å². The van der Waals surface area contributed by atoms with Gasteiger partial charge in [0.25, 0.3) is 0 Å². The molecule has 0 spiro atoms. The van der Waals surface area contributed by atoms with Gasteiger partial charge in [0, 0.05) is 6.42 Å². The number of carbonyl (C=O) groups is 1. The molecular weight excluding hydrogens is 172 g/mol. The first-order chi connectivity index (χ1) is 6.10. The molecule has 0 aromatic rings. The minimum Gasteiger partial charge on any atom is -0.467 e. The first kappa shape index (κ1) is 10.5. The molecule has 0 aliphatic carbocycles. The molecule has 1 saturated heterocycles. The van der Waals surface area contributed by atoms with E-state index in [1.54, 1.807) is 0 Å². The van der Waals surface area contributed by atoms with E-state index < -0.39 is 5.60 Å². The Morgan fingerprint density at radius 1 is 1.54 bits per heavy atom. The van der Waals surface area contributed by atoms with Crippen LogP contribution < -0.4 is 0 Å². The SMILES string of the molecule is COC(=O)[C@@]1(OC(C)C)CCOC1. The van der Waals surface area contributed by atoms with Crippen molar-refractivity contribution in [3.8, 4) is 0 Å². The number of methoxy groups -OCH3 is 1. The second-order valence-corrected chi connectivity index (χ2v) is 3.46. The maximum absolute atomic E-state index is 11.4. The Morgan fingerprint density at radius 2 is 2.23 bits per heavy atom. The topological polar surface area (TPSA) is 44.8 Å². The fourth-order valence-corrected chi connectivity index (χ4v) is 1.49. The molecule has 4 nitrogen and oxygen atoms in total. The Hall–Kier alpha value is -0.610. The van der Waals surface area contributed by atoms with Gasteiger partial charge in [-0.2, -0.15) is 0 Å². The van der Waals surface area contributed by atoms with Crippen molar-refractivity contribution in [2.45, 2.75) is 32.0 Å². The van der Waals surface area contributed by atoms with E-state index >= 15 is 0 Å². The fourth-order valence-electron chi connectivity index (χ4n) is 1.49. The van der Waals surface area contributed by atoms with Crippen molar-refractivity contribution in [2.75, 3.05) is 20.3 Å². The second kappa shape index (κ2) is 4.07. The van der Waals surface area contributed by atoms with Crippen LogP contribution in [-0.4, -0.2) is 38.0 Å². The molecule has 0 N–H and O–H groups in total. The summed E-state index contributed by atoms with van der Waals surface area (Å²) in [4.78, 5) is 11.4. The summed E-state index contributed by atoms with van der Waals surface area (Å²) in [6, 6.07) is 0. The average molecular weight is 188 g/mol. The summed E-state index contributed by atoms with van der Waals surface area (Å²) in [6.45, 7) is 4.64. The average Bonchev–Trinajstić information content (AvgIpc) is 2.51. The lowest BCUT2D eigenvalue weighted by Gasteiger charge is -2.26. The summed E-state index contributed by atoms with van der Waals surface area (Å²) in [7, 11) is 1.37. The fraction of sp³-hybridized carbons (Fsp3) is 0.889. The van der Waals surface area contributed by atoms with E-state index in [1.807, 2.05) is 13.8 Å². The first-order valence-electron chi connectivity index (χ1n) is 4.45. The number of hydrogen-bond donors (Lipinski definition) is 0. The molecule has 1 aliphatic rings. The third kappa shape index (κ3) is 2.19. The summed E-state index contributed by atoms with van der Waals surface area (Å²) in [5.41, 5.74) is -0.858. The smallest absolute Gasteiger partial charge is 0.340 e. The highest BCUT2D eigenvalue weighted by Crippen LogP contribution is 2.26. The third-order valence-corrected chi connectivity index (χ3v) is 2.00. The molecule has 0 unspecified atom stereocenters. The van der Waals surface area contributed by atoms with Crippen molar-refractivity contribution in [1.82, 2.24) is 0 Å². The van der Waals surface area contributed by atoms with Crippen LogP contribution in [-0.2, 0) is 19.0 Å². The van der Waals surface area contributed by atoms with Crippen LogP contribution in [0.2, 0.25) is 0 Å². The molecule has 0 saturated carbocycles. The van der Waals surface area contributed by atoms with Crippen LogP contribution in [0.25, 0.3) is 0 Å². The van der Waals surface area contributed by atoms with Crippen molar-refractivity contribution in [3.05, 3.63) is 0 Å². The predicted octanol–water partition coefficient (Wildman–Crippen LogP) is 0.743. The van der Waals surface area contributed by atoms with E-state index in [9.17, 15) is 4.79 Å². The number of ether oxygens (including phenoxy) is 3. The van der Waals surface area contributed by atoms with Crippen molar-refractivity contribution in [2.24, 2.45) is 0 Å². The molecule has 1 heterocycles. The van der Waals surface area contributed by atoms with Gasteiger partial charge in [0.05, 0.1) is 26.4 Å². The molecule has 1 atom stereocenters. The second-order valence-electron chi connectivity index (χ2n) is 3.46. The summed E-state index contributed by atoms with van der Waals surface area (Å²) < 4.78 is 15.4. The standard InChI is InChI=1S/C9H16O4/c1-7(2)13-9(8(10)11-3)4-5-12-6-9/h7H,4-6H2,1-3H3/t9-/m1/s1. The molecule has 1 rings (SSSR count). The molecule has 0 aromatic carbocycles. The minimum absolute atomic E-state index is 0.000741. The van der Waals surface area contributed by atoms with Crippen LogP contribution in [0.5, 0.6) is 0 Å². The normalized spacial score (nSPS) is 28.0. The van der Waals surface area contributed by atoms with E-state index in [4.69, 9.17) is 14.2 Å². The largest absolute Gasteiger partial charge is 0.467 e. The molecular formula is C9H16O4. The van der Waals surface area contributed by atoms with Crippen LogP contribution in [0.1, 0.15) is 20.3 Å². The lowest BCUT2D eigenvalue weighted by molar-refractivity contribution is -0.175. The number of rotatable bonds is 3. The minimum atomic E-state index is -0.858. The lowest BCUT2D eigenvalue weighted by atomic mass is 10.0. The molecule has 76 valence electrons. The molecule has 1 aliphatic heterocycles. The number of carbonyl (C=O) groups excluding carboxylic acids is 1. The van der Waals surface area contributed by atoms with Gasteiger partial charge in [0.15, 0.2) is 5.60 Å². The molecule has 4 heteroatoms. The molecule has 1 fully saturated rings. The summed E-state index contributed by atoms with van der Waals surface area (Å²) in [5.74, 6) is -0.335. The monoisotopic (exact) mass is 188 g/mol. The van der Waals surface area contributed by atoms with Gasteiger partial charge in [0.1, 0.15) is 0 Å². The number of hydrogen-bond acceptors (Lipinski definition) is 4. The molecule has 0 aromatic heterocycles. The summed E-state index contributed by atoms with van der Waals surface area (Å²) in [5, 5.41) is 0. The Balaban J connectivity index is 2.68. The summed E-state index contributed by atoms with van der Waals surface area (Å²) >= 11 is 0. The van der Waals surface area contributed by atoms with Crippen LogP contribution in [0.15, 0.2) is 0 Å². The molecule has 0 radical (unpaired) electrons. The zero-order chi connectivity index (χ0) is 9.90. The maximum Gasteiger partial charge on any atom is 0.340 e. The highest BCUT2D eigenvalue weighted by Gasteiger charge is 2.45. The maximum atomic E-state index is 11.4. The van der Waals surface area contributed by atoms with Gasteiger partial charge < -0.3 is 14.2 Å². The van der Waals surface area contributed by atoms with Crippen molar-refractivity contribution in [1.29, 1.82) is 0 Å². The van der Waals surface area contributed by atoms with E-state index in [1.165, 1.54) is 7.11 Å². The highest BCUT2D eigenvalue weighted by molar-refractivity contribution is 5.80. The Kier molecular flexibility index (Phi) is 3.27. The zero-order valence-electron chi connectivity index (χ0n) is 8.33. The van der Waals surface area contributed by atoms with Gasteiger partial charge in [-0.15, -0.1) is 0 Å². The van der Waals surface area contributed by atoms with Gasteiger partial charge >= 0.3 is 5.97 Å². The Morgan fingerprint density at radius 3 is 2.62 bits per heavy atom. The van der Waals surface area contributed by atoms with Gasteiger partial charge in [-0.25, -0.2) is 4.79 Å². The van der Waals surface area contributed by atoms with Gasteiger partial charge in [-0.05, 0) is 13.8 Å². The molecule has 0 amide bonds. The lowest BCUT2D eigenvalue weighted by Crippen LogP contribution is -2.44. The molecule has 0 bridgehead atoms. The number of esters is 1. The van der Waals surface area contributed by atoms with Crippen molar-refractivity contribution < 1.29 is 19.0 Å². The summed E-state index contributed by atoms with van der Waals surface area (Å²) in [6.07, 6.45) is 0.582. The zero-order valence-corrected chi connectivity index (χ0v) is 8.33. The van der Waals surface area contributed by atoms with E-state index in [0.717, 1.165) is 0 Å². The predicted molar refractivity (Wildman–Crippen MR) is 46.4 cm³/mol. The van der Waals surface area contributed by atoms with Crippen molar-refractivity contribution >= 4 is 5.97 Å². The highest BCUT2D eigenvalue weighted by atomic mass is 16.6. The van der Waals surface area contributed by atoms with Gasteiger partial charge in [-0.3, -0.25) is 0 Å². The van der Waals surface area contributed by atoms with Gasteiger partial charge in [0.2, 0.25) is 0 Å². The van der Waals surface area contributed by atoms with Crippen LogP contribution in [0.3, 0.4) is 0 Å². The quantitative estimate of drug-likeness (QED) is 0.613. The van der Waals surface area contributed by atoms with Crippen LogP contribution in [0, 0.1) is 0 Å². The Bertz CT molecular complexity index is 182. The van der Waals surface area contributed by atoms with Crippen LogP contribution >= 0.6 is 0 Å². The third-order valence-electron chi connectivity index (χ3n) is 2.00. The first-order valence-corrected chi connectivity index (χ1v) is 4.45.